The van der Waals surface area contributed by atoms with Crippen LogP contribution in [0, 0.1) is 0 Å². The van der Waals surface area contributed by atoms with E-state index in [9.17, 15) is 9.59 Å². The molecule has 0 radical (unpaired) electrons. The van der Waals surface area contributed by atoms with E-state index in [2.05, 4.69) is 15.5 Å². The molecule has 1 unspecified atom stereocenters. The molecule has 1 aromatic rings. The number of aromatic nitrogens is 4. The third-order valence-corrected chi connectivity index (χ3v) is 3.32. The summed E-state index contributed by atoms with van der Waals surface area (Å²) in [5.41, 5.74) is 4.88. The molecule has 1 atom stereocenters. The standard InChI is InChI=1S/C9H16N6O4S/c1-5(7(16)11-8(10)17)20-9-12-13-14-15(9)4-6(18-2)19-3/h5-6H,4H2,1-3H3,(H3,10,11,16,17). The number of hydrogen-bond acceptors (Lipinski definition) is 8. The van der Waals surface area contributed by atoms with E-state index in [0.29, 0.717) is 5.16 Å². The summed E-state index contributed by atoms with van der Waals surface area (Å²) >= 11 is 1.09. The van der Waals surface area contributed by atoms with Crippen molar-refractivity contribution in [2.24, 2.45) is 5.73 Å². The zero-order valence-electron chi connectivity index (χ0n) is 11.3. The average molecular weight is 304 g/mol. The number of ether oxygens (including phenoxy) is 2. The molecule has 0 aromatic carbocycles. The number of tetrazole rings is 1. The van der Waals surface area contributed by atoms with E-state index in [1.54, 1.807) is 6.92 Å². The van der Waals surface area contributed by atoms with Gasteiger partial charge in [0.1, 0.15) is 0 Å². The van der Waals surface area contributed by atoms with Crippen LogP contribution in [0.25, 0.3) is 0 Å². The largest absolute Gasteiger partial charge is 0.354 e. The molecule has 1 aromatic heterocycles. The number of rotatable bonds is 7. The van der Waals surface area contributed by atoms with Crippen LogP contribution in [-0.2, 0) is 20.8 Å². The summed E-state index contributed by atoms with van der Waals surface area (Å²) in [6.45, 7) is 1.87. The third-order valence-electron chi connectivity index (χ3n) is 2.24. The first-order valence-corrected chi connectivity index (χ1v) is 6.44. The summed E-state index contributed by atoms with van der Waals surface area (Å²) in [6.07, 6.45) is -0.507. The lowest BCUT2D eigenvalue weighted by Gasteiger charge is -2.14. The number of thioether (sulfide) groups is 1. The van der Waals surface area contributed by atoms with Crippen molar-refractivity contribution in [2.75, 3.05) is 14.2 Å². The van der Waals surface area contributed by atoms with E-state index in [-0.39, 0.29) is 6.54 Å². The Morgan fingerprint density at radius 1 is 1.45 bits per heavy atom. The highest BCUT2D eigenvalue weighted by Crippen LogP contribution is 2.20. The maximum atomic E-state index is 11.6. The van der Waals surface area contributed by atoms with Gasteiger partial charge in [-0.2, -0.15) is 0 Å². The van der Waals surface area contributed by atoms with Crippen molar-refractivity contribution >= 4 is 23.7 Å². The van der Waals surface area contributed by atoms with Crippen LogP contribution in [-0.4, -0.2) is 57.9 Å². The third kappa shape index (κ3) is 4.75. The normalized spacial score (nSPS) is 12.4. The Balaban J connectivity index is 2.66. The fourth-order valence-electron chi connectivity index (χ4n) is 1.22. The number of carbonyl (C=O) groups excluding carboxylic acids is 2. The van der Waals surface area contributed by atoms with Gasteiger partial charge < -0.3 is 15.2 Å². The Labute approximate surface area is 119 Å². The van der Waals surface area contributed by atoms with Crippen LogP contribution in [0.1, 0.15) is 6.92 Å². The van der Waals surface area contributed by atoms with Crippen LogP contribution >= 0.6 is 11.8 Å². The van der Waals surface area contributed by atoms with Gasteiger partial charge in [-0.3, -0.25) is 10.1 Å². The van der Waals surface area contributed by atoms with E-state index in [1.807, 2.05) is 5.32 Å². The summed E-state index contributed by atoms with van der Waals surface area (Å²) in [7, 11) is 2.99. The van der Waals surface area contributed by atoms with Gasteiger partial charge in [0.2, 0.25) is 11.1 Å². The molecule has 20 heavy (non-hydrogen) atoms. The molecule has 0 saturated carbocycles. The van der Waals surface area contributed by atoms with Gasteiger partial charge >= 0.3 is 6.03 Å². The summed E-state index contributed by atoms with van der Waals surface area (Å²) < 4.78 is 11.5. The minimum absolute atomic E-state index is 0.270. The highest BCUT2D eigenvalue weighted by Gasteiger charge is 2.20. The zero-order chi connectivity index (χ0) is 15.1. The van der Waals surface area contributed by atoms with Crippen LogP contribution in [0.3, 0.4) is 0 Å². The van der Waals surface area contributed by atoms with E-state index in [4.69, 9.17) is 15.2 Å². The van der Waals surface area contributed by atoms with Gasteiger partial charge in [0.25, 0.3) is 0 Å². The molecule has 3 N–H and O–H groups in total. The molecule has 10 nitrogen and oxygen atoms in total. The number of carbonyl (C=O) groups is 2. The van der Waals surface area contributed by atoms with Crippen LogP contribution in [0.15, 0.2) is 5.16 Å². The molecule has 1 heterocycles. The number of urea groups is 1. The Hall–Kier alpha value is -1.72. The Morgan fingerprint density at radius 3 is 2.65 bits per heavy atom. The van der Waals surface area contributed by atoms with Crippen molar-refractivity contribution in [1.29, 1.82) is 0 Å². The smallest absolute Gasteiger partial charge is 0.318 e. The molecule has 3 amide bonds. The Kier molecular flexibility index (Phi) is 6.35. The summed E-state index contributed by atoms with van der Waals surface area (Å²) in [5.74, 6) is -0.521. The molecule has 0 aliphatic rings. The second kappa shape index (κ2) is 7.77. The molecule has 1 rings (SSSR count). The number of primary amides is 1. The lowest BCUT2D eigenvalue weighted by molar-refractivity contribution is -0.119. The van der Waals surface area contributed by atoms with Gasteiger partial charge in [0.15, 0.2) is 6.29 Å². The predicted molar refractivity (Wildman–Crippen MR) is 68.7 cm³/mol. The van der Waals surface area contributed by atoms with Crippen molar-refractivity contribution < 1.29 is 19.1 Å². The van der Waals surface area contributed by atoms with Crippen LogP contribution < -0.4 is 11.1 Å². The van der Waals surface area contributed by atoms with Crippen molar-refractivity contribution in [3.8, 4) is 0 Å². The van der Waals surface area contributed by atoms with E-state index in [0.717, 1.165) is 11.8 Å². The number of amides is 3. The zero-order valence-corrected chi connectivity index (χ0v) is 12.1. The predicted octanol–water partition coefficient (Wildman–Crippen LogP) is -1.03. The average Bonchev–Trinajstić information content (AvgIpc) is 2.82. The van der Waals surface area contributed by atoms with Crippen LogP contribution in [0.4, 0.5) is 4.79 Å². The molecular formula is C9H16N6O4S. The van der Waals surface area contributed by atoms with Gasteiger partial charge in [-0.1, -0.05) is 11.8 Å². The van der Waals surface area contributed by atoms with Crippen molar-refractivity contribution in [1.82, 2.24) is 25.5 Å². The summed E-state index contributed by atoms with van der Waals surface area (Å²) in [5, 5.41) is 12.9. The molecular weight excluding hydrogens is 288 g/mol. The Bertz CT molecular complexity index is 463. The molecule has 0 aliphatic carbocycles. The first kappa shape index (κ1) is 16.3. The minimum Gasteiger partial charge on any atom is -0.354 e. The SMILES string of the molecule is COC(Cn1nnnc1SC(C)C(=O)NC(N)=O)OC. The number of nitrogens with two attached hydrogens (primary N) is 1. The molecule has 0 saturated heterocycles. The minimum atomic E-state index is -0.902. The lowest BCUT2D eigenvalue weighted by atomic mass is 10.4. The molecule has 0 fully saturated rings. The van der Waals surface area contributed by atoms with E-state index in [1.165, 1.54) is 18.9 Å². The lowest BCUT2D eigenvalue weighted by Crippen LogP contribution is -2.39. The maximum Gasteiger partial charge on any atom is 0.318 e. The van der Waals surface area contributed by atoms with Gasteiger partial charge in [-0.05, 0) is 17.4 Å². The monoisotopic (exact) mass is 304 g/mol. The quantitative estimate of drug-likeness (QED) is 0.482. The van der Waals surface area contributed by atoms with E-state index >= 15 is 0 Å². The fourth-order valence-corrected chi connectivity index (χ4v) is 2.02. The van der Waals surface area contributed by atoms with Crippen LogP contribution in [0.5, 0.6) is 0 Å². The topological polar surface area (TPSA) is 134 Å². The van der Waals surface area contributed by atoms with Gasteiger partial charge in [0, 0.05) is 14.2 Å². The number of nitrogens with one attached hydrogen (secondary N) is 1. The maximum absolute atomic E-state index is 11.6. The van der Waals surface area contributed by atoms with Crippen molar-refractivity contribution in [3.05, 3.63) is 0 Å². The van der Waals surface area contributed by atoms with Crippen molar-refractivity contribution in [3.63, 3.8) is 0 Å². The second-order valence-electron chi connectivity index (χ2n) is 3.66. The number of imide groups is 1. The number of methoxy groups -OCH3 is 2. The second-order valence-corrected chi connectivity index (χ2v) is 4.97. The first-order valence-electron chi connectivity index (χ1n) is 5.56. The summed E-state index contributed by atoms with van der Waals surface area (Å²) in [4.78, 5) is 22.2. The molecule has 0 aliphatic heterocycles. The Morgan fingerprint density at radius 2 is 2.10 bits per heavy atom. The number of hydrogen-bond donors (Lipinski definition) is 2. The highest BCUT2D eigenvalue weighted by atomic mass is 32.2. The first-order chi connectivity index (χ1) is 9.47. The molecule has 0 bridgehead atoms. The van der Waals surface area contributed by atoms with Crippen molar-refractivity contribution in [2.45, 2.75) is 30.2 Å². The number of nitrogens with zero attached hydrogens (tertiary/aromatic N) is 4. The van der Waals surface area contributed by atoms with E-state index < -0.39 is 23.5 Å². The van der Waals surface area contributed by atoms with Crippen LogP contribution in [0.2, 0.25) is 0 Å². The molecule has 0 spiro atoms. The van der Waals surface area contributed by atoms with Gasteiger partial charge in [0.05, 0.1) is 11.8 Å². The van der Waals surface area contributed by atoms with Gasteiger partial charge in [-0.15, -0.1) is 5.10 Å². The molecule has 11 heteroatoms. The fraction of sp³-hybridized carbons (Fsp3) is 0.667. The van der Waals surface area contributed by atoms with Gasteiger partial charge in [-0.25, -0.2) is 9.48 Å². The highest BCUT2D eigenvalue weighted by molar-refractivity contribution is 8.00. The molecule has 112 valence electrons. The summed E-state index contributed by atoms with van der Waals surface area (Å²) in [6, 6.07) is -0.902.